The highest BCUT2D eigenvalue weighted by Crippen LogP contribution is 2.22. The van der Waals surface area contributed by atoms with Crippen LogP contribution in [0.3, 0.4) is 0 Å². The molecule has 2 aromatic rings. The molecule has 0 saturated carbocycles. The van der Waals surface area contributed by atoms with Gasteiger partial charge in [0.05, 0.1) is 11.6 Å². The van der Waals surface area contributed by atoms with E-state index in [0.717, 1.165) is 11.1 Å². The maximum atomic E-state index is 12.6. The lowest BCUT2D eigenvalue weighted by molar-refractivity contribution is 0.183. The molecule has 1 unspecified atom stereocenters. The van der Waals surface area contributed by atoms with Crippen molar-refractivity contribution in [1.82, 2.24) is 10.2 Å². The molecule has 3 heteroatoms. The number of hydrogen-bond acceptors (Lipinski definition) is 1. The van der Waals surface area contributed by atoms with Gasteiger partial charge in [0.15, 0.2) is 0 Å². The normalized spacial score (nSPS) is 12.5. The van der Waals surface area contributed by atoms with E-state index in [0.29, 0.717) is 0 Å². The fourth-order valence-electron chi connectivity index (χ4n) is 2.41. The van der Waals surface area contributed by atoms with Crippen LogP contribution in [0.5, 0.6) is 0 Å². The first kappa shape index (κ1) is 16.1. The maximum absolute atomic E-state index is 12.6. The molecule has 0 aliphatic carbocycles. The molecular formula is C19H24N2O. The summed E-state index contributed by atoms with van der Waals surface area (Å²) < 4.78 is 0. The zero-order chi connectivity index (χ0) is 16.2. The highest BCUT2D eigenvalue weighted by molar-refractivity contribution is 5.75. The molecule has 2 amide bonds. The van der Waals surface area contributed by atoms with Crippen molar-refractivity contribution >= 4 is 6.03 Å². The van der Waals surface area contributed by atoms with Crippen LogP contribution < -0.4 is 5.32 Å². The Bertz CT molecular complexity index is 608. The van der Waals surface area contributed by atoms with Crippen LogP contribution in [-0.4, -0.2) is 18.0 Å². The summed E-state index contributed by atoms with van der Waals surface area (Å²) >= 11 is 0. The first-order valence-corrected chi connectivity index (χ1v) is 7.57. The molecule has 0 radical (unpaired) electrons. The first-order valence-electron chi connectivity index (χ1n) is 7.57. The van der Waals surface area contributed by atoms with E-state index >= 15 is 0 Å². The molecule has 0 aliphatic rings. The number of amides is 2. The van der Waals surface area contributed by atoms with Crippen molar-refractivity contribution in [3.8, 4) is 0 Å². The van der Waals surface area contributed by atoms with Gasteiger partial charge in [-0.2, -0.15) is 0 Å². The molecule has 0 aliphatic heterocycles. The van der Waals surface area contributed by atoms with Crippen molar-refractivity contribution in [3.63, 3.8) is 0 Å². The number of hydrogen-bond donors (Lipinski definition) is 1. The average Bonchev–Trinajstić information content (AvgIpc) is 2.54. The van der Waals surface area contributed by atoms with Gasteiger partial charge in [-0.1, -0.05) is 60.7 Å². The number of carbonyl (C=O) groups is 1. The minimum absolute atomic E-state index is 0.0211. The summed E-state index contributed by atoms with van der Waals surface area (Å²) in [5.41, 5.74) is 1.80. The fourth-order valence-corrected chi connectivity index (χ4v) is 2.41. The average molecular weight is 296 g/mol. The zero-order valence-corrected chi connectivity index (χ0v) is 13.7. The van der Waals surface area contributed by atoms with Gasteiger partial charge in [-0.15, -0.1) is 0 Å². The predicted octanol–water partition coefficient (Wildman–Crippen LogP) is 4.32. The monoisotopic (exact) mass is 296 g/mol. The summed E-state index contributed by atoms with van der Waals surface area (Å²) in [4.78, 5) is 14.3. The van der Waals surface area contributed by atoms with Gasteiger partial charge < -0.3 is 10.2 Å². The molecule has 116 valence electrons. The van der Waals surface area contributed by atoms with Gasteiger partial charge in [0.25, 0.3) is 0 Å². The molecule has 0 spiro atoms. The number of rotatable bonds is 4. The highest BCUT2D eigenvalue weighted by atomic mass is 16.2. The van der Waals surface area contributed by atoms with Crippen molar-refractivity contribution in [1.29, 1.82) is 0 Å². The van der Waals surface area contributed by atoms with Crippen molar-refractivity contribution < 1.29 is 4.79 Å². The van der Waals surface area contributed by atoms with Crippen LogP contribution >= 0.6 is 0 Å². The Labute approximate surface area is 133 Å². The van der Waals surface area contributed by atoms with E-state index < -0.39 is 5.54 Å². The Balaban J connectivity index is 2.08. The van der Waals surface area contributed by atoms with Gasteiger partial charge in [-0.3, -0.25) is 0 Å². The number of carbonyl (C=O) groups excluding carboxylic acids is 1. The molecule has 0 saturated heterocycles. The third-order valence-electron chi connectivity index (χ3n) is 4.10. The van der Waals surface area contributed by atoms with Crippen molar-refractivity contribution in [2.75, 3.05) is 7.05 Å². The third kappa shape index (κ3) is 3.67. The lowest BCUT2D eigenvalue weighted by Crippen LogP contribution is -2.47. The molecule has 0 heterocycles. The smallest absolute Gasteiger partial charge is 0.318 e. The number of urea groups is 1. The van der Waals surface area contributed by atoms with Gasteiger partial charge in [0.2, 0.25) is 0 Å². The third-order valence-corrected chi connectivity index (χ3v) is 4.10. The Morgan fingerprint density at radius 3 is 2.05 bits per heavy atom. The summed E-state index contributed by atoms with van der Waals surface area (Å²) in [5.74, 6) is 0. The Morgan fingerprint density at radius 1 is 1.00 bits per heavy atom. The SMILES string of the molecule is CC(c1ccccc1)N(C)C(=O)NC(C)(C)c1ccccc1. The number of nitrogens with zero attached hydrogens (tertiary/aromatic N) is 1. The highest BCUT2D eigenvalue weighted by Gasteiger charge is 2.26. The van der Waals surface area contributed by atoms with Gasteiger partial charge >= 0.3 is 6.03 Å². The van der Waals surface area contributed by atoms with Gasteiger partial charge in [-0.25, -0.2) is 4.79 Å². The van der Waals surface area contributed by atoms with Crippen LogP contribution in [0.25, 0.3) is 0 Å². The van der Waals surface area contributed by atoms with E-state index in [-0.39, 0.29) is 12.1 Å². The van der Waals surface area contributed by atoms with Crippen LogP contribution in [0.1, 0.15) is 37.9 Å². The molecule has 2 aromatic carbocycles. The van der Waals surface area contributed by atoms with Gasteiger partial charge in [0, 0.05) is 7.05 Å². The lowest BCUT2D eigenvalue weighted by atomic mass is 9.94. The molecule has 1 N–H and O–H groups in total. The predicted molar refractivity (Wildman–Crippen MR) is 90.6 cm³/mol. The van der Waals surface area contributed by atoms with Crippen molar-refractivity contribution in [2.24, 2.45) is 0 Å². The summed E-state index contributed by atoms with van der Waals surface area (Å²) in [6.07, 6.45) is 0. The van der Waals surface area contributed by atoms with Crippen LogP contribution in [-0.2, 0) is 5.54 Å². The van der Waals surface area contributed by atoms with Crippen molar-refractivity contribution in [2.45, 2.75) is 32.4 Å². The van der Waals surface area contributed by atoms with E-state index in [1.54, 1.807) is 4.90 Å². The molecule has 2 rings (SSSR count). The second-order valence-electron chi connectivity index (χ2n) is 6.12. The minimum atomic E-state index is -0.414. The first-order chi connectivity index (χ1) is 10.4. The Morgan fingerprint density at radius 2 is 1.50 bits per heavy atom. The summed E-state index contributed by atoms with van der Waals surface area (Å²) in [5, 5.41) is 3.11. The van der Waals surface area contributed by atoms with E-state index in [2.05, 4.69) is 5.32 Å². The molecule has 0 aromatic heterocycles. The summed E-state index contributed by atoms with van der Waals surface area (Å²) in [6.45, 7) is 6.06. The van der Waals surface area contributed by atoms with E-state index in [1.807, 2.05) is 88.5 Å². The summed E-state index contributed by atoms with van der Waals surface area (Å²) in [7, 11) is 1.83. The van der Waals surface area contributed by atoms with Crippen LogP contribution in [0, 0.1) is 0 Å². The molecule has 0 bridgehead atoms. The van der Waals surface area contributed by atoms with E-state index in [9.17, 15) is 4.79 Å². The van der Waals surface area contributed by atoms with Gasteiger partial charge in [0.1, 0.15) is 0 Å². The molecular weight excluding hydrogens is 272 g/mol. The number of benzene rings is 2. The molecule has 22 heavy (non-hydrogen) atoms. The van der Waals surface area contributed by atoms with Crippen molar-refractivity contribution in [3.05, 3.63) is 71.8 Å². The quantitative estimate of drug-likeness (QED) is 0.895. The second-order valence-corrected chi connectivity index (χ2v) is 6.12. The Kier molecular flexibility index (Phi) is 4.86. The van der Waals surface area contributed by atoms with Gasteiger partial charge in [-0.05, 0) is 31.9 Å². The number of nitrogens with one attached hydrogen (secondary N) is 1. The maximum Gasteiger partial charge on any atom is 0.318 e. The molecule has 3 nitrogen and oxygen atoms in total. The Hall–Kier alpha value is -2.29. The van der Waals surface area contributed by atoms with E-state index in [4.69, 9.17) is 0 Å². The topological polar surface area (TPSA) is 32.3 Å². The second kappa shape index (κ2) is 6.65. The summed E-state index contributed by atoms with van der Waals surface area (Å²) in [6, 6.07) is 20.0. The lowest BCUT2D eigenvalue weighted by Gasteiger charge is -2.32. The van der Waals surface area contributed by atoms with Crippen LogP contribution in [0.4, 0.5) is 4.79 Å². The van der Waals surface area contributed by atoms with Crippen LogP contribution in [0.2, 0.25) is 0 Å². The fraction of sp³-hybridized carbons (Fsp3) is 0.316. The minimum Gasteiger partial charge on any atom is -0.329 e. The molecule has 1 atom stereocenters. The molecule has 0 fully saturated rings. The zero-order valence-electron chi connectivity index (χ0n) is 13.7. The largest absolute Gasteiger partial charge is 0.329 e. The standard InChI is InChI=1S/C19H24N2O/c1-15(16-11-7-5-8-12-16)21(4)18(22)20-19(2,3)17-13-9-6-10-14-17/h5-15H,1-4H3,(H,20,22). The van der Waals surface area contributed by atoms with E-state index in [1.165, 1.54) is 0 Å². The van der Waals surface area contributed by atoms with Crippen LogP contribution in [0.15, 0.2) is 60.7 Å².